The summed E-state index contributed by atoms with van der Waals surface area (Å²) in [6, 6.07) is 1.20. The molecule has 102 valence electrons. The molecule has 2 aromatic rings. The zero-order valence-electron chi connectivity index (χ0n) is 9.95. The lowest BCUT2D eigenvalue weighted by molar-refractivity contribution is 0.285. The number of rotatable bonds is 4. The number of pyridine rings is 1. The van der Waals surface area contributed by atoms with Crippen LogP contribution < -0.4 is 9.88 Å². The van der Waals surface area contributed by atoms with E-state index < -0.39 is 10.0 Å². The number of aromatic nitrogens is 3. The lowest BCUT2D eigenvalue weighted by atomic mass is 10.4. The smallest absolute Gasteiger partial charge is 0.239 e. The fraction of sp³-hybridized carbons (Fsp3) is 0.200. The van der Waals surface area contributed by atoms with Crippen LogP contribution in [0.25, 0.3) is 0 Å². The number of primary sulfonamides is 1. The predicted octanol–water partition coefficient (Wildman–Crippen LogP) is 0.695. The summed E-state index contributed by atoms with van der Waals surface area (Å²) in [6.45, 7) is 0.220. The number of ether oxygens (including phenoxy) is 1. The lowest BCUT2D eigenvalue weighted by Crippen LogP contribution is -2.12. The van der Waals surface area contributed by atoms with Crippen molar-refractivity contribution in [3.05, 3.63) is 35.5 Å². The number of imidazole rings is 1. The van der Waals surface area contributed by atoms with Crippen LogP contribution in [0.1, 0.15) is 5.69 Å². The second-order valence-electron chi connectivity index (χ2n) is 3.79. The average molecular weight is 303 g/mol. The van der Waals surface area contributed by atoms with Crippen molar-refractivity contribution in [2.75, 3.05) is 0 Å². The van der Waals surface area contributed by atoms with Crippen LogP contribution in [-0.2, 0) is 23.7 Å². The predicted molar refractivity (Wildman–Crippen MR) is 68.2 cm³/mol. The lowest BCUT2D eigenvalue weighted by Gasteiger charge is -2.08. The minimum absolute atomic E-state index is 0.0775. The van der Waals surface area contributed by atoms with Crippen LogP contribution in [0.3, 0.4) is 0 Å². The molecule has 0 fully saturated rings. The Morgan fingerprint density at radius 3 is 2.74 bits per heavy atom. The molecule has 9 heteroatoms. The van der Waals surface area contributed by atoms with Gasteiger partial charge in [0.15, 0.2) is 0 Å². The van der Waals surface area contributed by atoms with E-state index in [1.807, 2.05) is 7.05 Å². The van der Waals surface area contributed by atoms with Gasteiger partial charge in [0.1, 0.15) is 16.5 Å². The van der Waals surface area contributed by atoms with Crippen LogP contribution in [0.2, 0.25) is 5.02 Å². The van der Waals surface area contributed by atoms with Crippen LogP contribution >= 0.6 is 11.6 Å². The molecule has 0 aliphatic rings. The van der Waals surface area contributed by atoms with Crippen LogP contribution in [0.15, 0.2) is 29.7 Å². The van der Waals surface area contributed by atoms with Gasteiger partial charge in [0, 0.05) is 7.05 Å². The Kier molecular flexibility index (Phi) is 3.74. The van der Waals surface area contributed by atoms with Crippen LogP contribution in [0, 0.1) is 0 Å². The summed E-state index contributed by atoms with van der Waals surface area (Å²) in [7, 11) is -2.00. The van der Waals surface area contributed by atoms with Gasteiger partial charge in [0.25, 0.3) is 0 Å². The van der Waals surface area contributed by atoms with Gasteiger partial charge < -0.3 is 9.30 Å². The van der Waals surface area contributed by atoms with Crippen LogP contribution in [0.5, 0.6) is 5.88 Å². The summed E-state index contributed by atoms with van der Waals surface area (Å²) in [5.74, 6) is 0.135. The van der Waals surface area contributed by atoms with Gasteiger partial charge in [-0.3, -0.25) is 0 Å². The monoisotopic (exact) mass is 302 g/mol. The Labute approximate surface area is 115 Å². The SMILES string of the molecule is Cn1cncc1COc1ncc(S(N)(=O)=O)cc1Cl. The highest BCUT2D eigenvalue weighted by Crippen LogP contribution is 2.24. The van der Waals surface area contributed by atoms with Crippen molar-refractivity contribution in [2.24, 2.45) is 12.2 Å². The number of sulfonamides is 1. The first-order valence-electron chi connectivity index (χ1n) is 5.14. The maximum Gasteiger partial charge on any atom is 0.239 e. The highest BCUT2D eigenvalue weighted by atomic mass is 35.5. The molecule has 0 bridgehead atoms. The Morgan fingerprint density at radius 1 is 1.47 bits per heavy atom. The van der Waals surface area contributed by atoms with E-state index in [-0.39, 0.29) is 22.4 Å². The van der Waals surface area contributed by atoms with Gasteiger partial charge in [0.05, 0.1) is 24.4 Å². The summed E-state index contributed by atoms with van der Waals surface area (Å²) >= 11 is 5.89. The Balaban J connectivity index is 2.16. The molecule has 0 saturated carbocycles. The molecule has 0 aromatic carbocycles. The van der Waals surface area contributed by atoms with E-state index in [4.69, 9.17) is 21.5 Å². The molecule has 2 N–H and O–H groups in total. The average Bonchev–Trinajstić information content (AvgIpc) is 2.72. The molecular formula is C10H11ClN4O3S. The molecule has 0 unspecified atom stereocenters. The number of halogens is 1. The Morgan fingerprint density at radius 2 is 2.21 bits per heavy atom. The Bertz CT molecular complexity index is 699. The van der Waals surface area contributed by atoms with Crippen molar-refractivity contribution in [1.82, 2.24) is 14.5 Å². The molecule has 0 aliphatic heterocycles. The summed E-state index contributed by atoms with van der Waals surface area (Å²) < 4.78 is 29.4. The molecule has 0 aliphatic carbocycles. The Hall–Kier alpha value is -1.64. The fourth-order valence-corrected chi connectivity index (χ4v) is 2.10. The minimum atomic E-state index is -3.82. The van der Waals surface area contributed by atoms with Gasteiger partial charge in [-0.05, 0) is 6.07 Å². The van der Waals surface area contributed by atoms with E-state index in [2.05, 4.69) is 9.97 Å². The highest BCUT2D eigenvalue weighted by Gasteiger charge is 2.13. The van der Waals surface area contributed by atoms with Gasteiger partial charge in [-0.25, -0.2) is 23.5 Å². The summed E-state index contributed by atoms with van der Waals surface area (Å²) in [4.78, 5) is 7.61. The van der Waals surface area contributed by atoms with E-state index >= 15 is 0 Å². The maximum absolute atomic E-state index is 11.1. The largest absolute Gasteiger partial charge is 0.470 e. The first-order chi connectivity index (χ1) is 8.88. The fourth-order valence-electron chi connectivity index (χ4n) is 1.34. The van der Waals surface area contributed by atoms with Gasteiger partial charge in [-0.2, -0.15) is 0 Å². The number of hydrogen-bond donors (Lipinski definition) is 1. The van der Waals surface area contributed by atoms with Crippen molar-refractivity contribution in [3.63, 3.8) is 0 Å². The van der Waals surface area contributed by atoms with Gasteiger partial charge in [-0.15, -0.1) is 0 Å². The molecule has 2 heterocycles. The van der Waals surface area contributed by atoms with Crippen molar-refractivity contribution in [3.8, 4) is 5.88 Å². The molecule has 0 saturated heterocycles. The minimum Gasteiger partial charge on any atom is -0.470 e. The number of nitrogens with zero attached hydrogens (tertiary/aromatic N) is 3. The zero-order chi connectivity index (χ0) is 14.0. The molecule has 0 atom stereocenters. The van der Waals surface area contributed by atoms with E-state index in [1.54, 1.807) is 17.1 Å². The normalized spacial score (nSPS) is 11.5. The molecule has 19 heavy (non-hydrogen) atoms. The topological polar surface area (TPSA) is 100 Å². The maximum atomic E-state index is 11.1. The second-order valence-corrected chi connectivity index (χ2v) is 5.76. The van der Waals surface area contributed by atoms with E-state index in [0.29, 0.717) is 0 Å². The summed E-state index contributed by atoms with van der Waals surface area (Å²) in [6.07, 6.45) is 4.38. The van der Waals surface area contributed by atoms with Crippen LogP contribution in [-0.4, -0.2) is 23.0 Å². The van der Waals surface area contributed by atoms with E-state index in [9.17, 15) is 8.42 Å². The molecule has 0 spiro atoms. The van der Waals surface area contributed by atoms with Crippen molar-refractivity contribution in [1.29, 1.82) is 0 Å². The quantitative estimate of drug-likeness (QED) is 0.896. The third-order valence-corrected chi connectivity index (χ3v) is 3.54. The molecule has 0 amide bonds. The molecule has 2 aromatic heterocycles. The molecule has 0 radical (unpaired) electrons. The number of nitrogens with two attached hydrogens (primary N) is 1. The van der Waals surface area contributed by atoms with Gasteiger partial charge in [0.2, 0.25) is 15.9 Å². The molecule has 7 nitrogen and oxygen atoms in total. The second kappa shape index (κ2) is 5.16. The third-order valence-electron chi connectivity index (χ3n) is 2.38. The third kappa shape index (κ3) is 3.22. The van der Waals surface area contributed by atoms with Gasteiger partial charge in [-0.1, -0.05) is 11.6 Å². The summed E-state index contributed by atoms with van der Waals surface area (Å²) in [5.41, 5.74) is 0.827. The van der Waals surface area contributed by atoms with Gasteiger partial charge >= 0.3 is 0 Å². The highest BCUT2D eigenvalue weighted by molar-refractivity contribution is 7.89. The molecule has 2 rings (SSSR count). The molecular weight excluding hydrogens is 292 g/mol. The summed E-state index contributed by atoms with van der Waals surface area (Å²) in [5, 5.41) is 5.05. The zero-order valence-corrected chi connectivity index (χ0v) is 11.5. The van der Waals surface area contributed by atoms with E-state index in [0.717, 1.165) is 11.9 Å². The standard InChI is InChI=1S/C10H11ClN4O3S/c1-15-6-13-3-7(15)5-18-10-9(11)2-8(4-14-10)19(12,16)17/h2-4,6H,5H2,1H3,(H2,12,16,17). The van der Waals surface area contributed by atoms with Crippen molar-refractivity contribution in [2.45, 2.75) is 11.5 Å². The first-order valence-corrected chi connectivity index (χ1v) is 7.06. The number of aryl methyl sites for hydroxylation is 1. The van der Waals surface area contributed by atoms with Crippen molar-refractivity contribution >= 4 is 21.6 Å². The number of hydrogen-bond acceptors (Lipinski definition) is 5. The first kappa shape index (κ1) is 13.8. The van der Waals surface area contributed by atoms with Crippen LogP contribution in [0.4, 0.5) is 0 Å². The van der Waals surface area contributed by atoms with Crippen molar-refractivity contribution < 1.29 is 13.2 Å². The van der Waals surface area contributed by atoms with E-state index in [1.165, 1.54) is 6.07 Å².